The molecule has 0 bridgehead atoms. The summed E-state index contributed by atoms with van der Waals surface area (Å²) in [5, 5.41) is 17.1. The quantitative estimate of drug-likeness (QED) is 0.175. The summed E-state index contributed by atoms with van der Waals surface area (Å²) in [6.45, 7) is 7.53. The number of nitrogens with zero attached hydrogens (tertiary/aromatic N) is 5. The van der Waals surface area contributed by atoms with Crippen molar-refractivity contribution in [2.24, 2.45) is 0 Å². The van der Waals surface area contributed by atoms with E-state index in [0.717, 1.165) is 64.5 Å². The molecule has 10 heteroatoms. The molecule has 4 heterocycles. The molecule has 0 unspecified atom stereocenters. The van der Waals surface area contributed by atoms with E-state index in [2.05, 4.69) is 30.5 Å². The number of rotatable bonds is 11. The van der Waals surface area contributed by atoms with E-state index in [0.29, 0.717) is 30.1 Å². The number of piperidine rings is 1. The molecule has 1 aliphatic heterocycles. The lowest BCUT2D eigenvalue weighted by Crippen LogP contribution is -2.37. The second-order valence-electron chi connectivity index (χ2n) is 11.5. The van der Waals surface area contributed by atoms with Crippen LogP contribution in [0.3, 0.4) is 0 Å². The van der Waals surface area contributed by atoms with Gasteiger partial charge in [0, 0.05) is 54.5 Å². The fourth-order valence-electron chi connectivity index (χ4n) is 5.70. The minimum Gasteiger partial charge on any atom is -0.455 e. The second-order valence-corrected chi connectivity index (χ2v) is 11.5. The molecule has 10 nitrogen and oxygen atoms in total. The molecule has 1 fully saturated rings. The largest absolute Gasteiger partial charge is 0.455 e. The van der Waals surface area contributed by atoms with E-state index in [-0.39, 0.29) is 12.5 Å². The number of carbonyl (C=O) groups excluding carboxylic acids is 1. The van der Waals surface area contributed by atoms with Gasteiger partial charge in [0.05, 0.1) is 17.3 Å². The van der Waals surface area contributed by atoms with Gasteiger partial charge in [0.1, 0.15) is 23.6 Å². The lowest BCUT2D eigenvalue weighted by atomic mass is 10.1. The van der Waals surface area contributed by atoms with Gasteiger partial charge in [-0.15, -0.1) is 0 Å². The number of aliphatic hydroxyl groups excluding tert-OH is 1. The third kappa shape index (κ3) is 7.30. The molecule has 0 saturated carbocycles. The van der Waals surface area contributed by atoms with Crippen molar-refractivity contribution in [3.8, 4) is 17.2 Å². The van der Waals surface area contributed by atoms with Gasteiger partial charge in [-0.05, 0) is 106 Å². The number of fused-ring (bicyclic) bond motifs is 1. The molecule has 1 aliphatic rings. The molecule has 0 atom stereocenters. The maximum absolute atomic E-state index is 13.2. The number of ether oxygens (including phenoxy) is 1. The predicted octanol–water partition coefficient (Wildman–Crippen LogP) is 5.72. The number of nitrogens with one attached hydrogen (secondary N) is 2. The van der Waals surface area contributed by atoms with E-state index in [1.54, 1.807) is 12.5 Å². The number of aromatic nitrogens is 4. The summed E-state index contributed by atoms with van der Waals surface area (Å²) in [6.07, 6.45) is 11.1. The lowest BCUT2D eigenvalue weighted by molar-refractivity contribution is 0.0945. The third-order valence-electron chi connectivity index (χ3n) is 8.16. The van der Waals surface area contributed by atoms with E-state index >= 15 is 0 Å². The maximum atomic E-state index is 13.2. The molecule has 6 rings (SSSR count). The first-order chi connectivity index (χ1) is 22.0. The van der Waals surface area contributed by atoms with Crippen LogP contribution in [0.4, 0.5) is 11.5 Å². The zero-order valence-electron chi connectivity index (χ0n) is 25.8. The highest BCUT2D eigenvalue weighted by atomic mass is 16.5. The molecule has 1 saturated heterocycles. The molecule has 0 radical (unpaired) electrons. The summed E-state index contributed by atoms with van der Waals surface area (Å²) in [5.41, 5.74) is 5.79. The van der Waals surface area contributed by atoms with E-state index in [1.165, 1.54) is 19.3 Å². The van der Waals surface area contributed by atoms with E-state index in [9.17, 15) is 9.90 Å². The number of anilines is 2. The van der Waals surface area contributed by atoms with E-state index < -0.39 is 0 Å². The number of aliphatic hydroxyl groups is 1. The topological polar surface area (TPSA) is 117 Å². The molecule has 3 N–H and O–H groups in total. The highest BCUT2D eigenvalue weighted by Crippen LogP contribution is 2.30. The molecule has 3 aromatic heterocycles. The number of pyridine rings is 1. The zero-order chi connectivity index (χ0) is 31.2. The lowest BCUT2D eigenvalue weighted by Gasteiger charge is -2.26. The van der Waals surface area contributed by atoms with Crippen LogP contribution in [-0.2, 0) is 6.42 Å². The Morgan fingerprint density at radius 2 is 1.84 bits per heavy atom. The molecule has 5 aromatic rings. The Labute approximate surface area is 263 Å². The molecule has 2 aromatic carbocycles. The minimum atomic E-state index is -0.123. The average Bonchev–Trinajstić information content (AvgIpc) is 3.48. The number of amides is 1. The Bertz CT molecular complexity index is 1780. The van der Waals surface area contributed by atoms with Crippen molar-refractivity contribution in [1.29, 1.82) is 0 Å². The van der Waals surface area contributed by atoms with Crippen molar-refractivity contribution >= 4 is 28.3 Å². The fraction of sp³-hybridized carbons (Fsp3) is 0.314. The molecule has 0 spiro atoms. The van der Waals surface area contributed by atoms with Gasteiger partial charge in [-0.2, -0.15) is 0 Å². The van der Waals surface area contributed by atoms with E-state index in [1.807, 2.05) is 79.3 Å². The van der Waals surface area contributed by atoms with Gasteiger partial charge in [-0.3, -0.25) is 9.78 Å². The number of benzene rings is 2. The van der Waals surface area contributed by atoms with Crippen LogP contribution in [0, 0.1) is 13.8 Å². The normalized spacial score (nSPS) is 13.6. The summed E-state index contributed by atoms with van der Waals surface area (Å²) in [4.78, 5) is 28.9. The van der Waals surface area contributed by atoms with Gasteiger partial charge in [-0.1, -0.05) is 6.42 Å². The summed E-state index contributed by atoms with van der Waals surface area (Å²) in [5.74, 6) is 1.97. The van der Waals surface area contributed by atoms with Gasteiger partial charge in [0.25, 0.3) is 5.91 Å². The number of aryl methyl sites for hydroxylation is 2. The Balaban J connectivity index is 1.20. The number of likely N-dealkylation sites (tertiary alicyclic amines) is 1. The molecular formula is C35H39N7O3. The first kappa shape index (κ1) is 30.2. The van der Waals surface area contributed by atoms with Crippen molar-refractivity contribution in [2.45, 2.75) is 39.5 Å². The maximum Gasteiger partial charge on any atom is 0.253 e. The molecule has 0 aliphatic carbocycles. The Morgan fingerprint density at radius 3 is 2.62 bits per heavy atom. The van der Waals surface area contributed by atoms with Gasteiger partial charge in [-0.25, -0.2) is 9.97 Å². The molecule has 45 heavy (non-hydrogen) atoms. The SMILES string of the molecule is Cc1ccc(Oc2ccc(Nc3ncnc4ccc(-n5cc(CCO)c(C(=O)NCCN6CCCCC6)c5)cc34)cc2C)cn1. The highest BCUT2D eigenvalue weighted by molar-refractivity contribution is 5.96. The van der Waals surface area contributed by atoms with Crippen molar-refractivity contribution in [3.05, 3.63) is 95.8 Å². The number of hydrogen-bond donors (Lipinski definition) is 3. The Hall–Kier alpha value is -4.80. The van der Waals surface area contributed by atoms with Gasteiger partial charge in [0.2, 0.25) is 0 Å². The Morgan fingerprint density at radius 1 is 0.978 bits per heavy atom. The van der Waals surface area contributed by atoms with Crippen molar-refractivity contribution in [3.63, 3.8) is 0 Å². The third-order valence-corrected chi connectivity index (χ3v) is 8.16. The summed E-state index contributed by atoms with van der Waals surface area (Å²) < 4.78 is 7.96. The van der Waals surface area contributed by atoms with Crippen LogP contribution in [0.25, 0.3) is 16.6 Å². The molecular weight excluding hydrogens is 566 g/mol. The van der Waals surface area contributed by atoms with Crippen LogP contribution in [0.1, 0.15) is 46.4 Å². The van der Waals surface area contributed by atoms with Crippen molar-refractivity contribution < 1.29 is 14.6 Å². The van der Waals surface area contributed by atoms with Crippen LogP contribution < -0.4 is 15.4 Å². The summed E-state index contributed by atoms with van der Waals surface area (Å²) >= 11 is 0. The predicted molar refractivity (Wildman–Crippen MR) is 176 cm³/mol. The summed E-state index contributed by atoms with van der Waals surface area (Å²) in [6, 6.07) is 15.6. The van der Waals surface area contributed by atoms with Gasteiger partial charge in [0.15, 0.2) is 0 Å². The minimum absolute atomic E-state index is 0.0388. The fourth-order valence-corrected chi connectivity index (χ4v) is 5.70. The van der Waals surface area contributed by atoms with Crippen molar-refractivity contribution in [1.82, 2.24) is 29.7 Å². The van der Waals surface area contributed by atoms with Crippen LogP contribution in [0.2, 0.25) is 0 Å². The first-order valence-corrected chi connectivity index (χ1v) is 15.5. The standard InChI is InChI=1S/C35H39N7O3/c1-24-18-27(7-11-33(24)45-29-9-6-25(2)37-20-29)40-34-30-19-28(8-10-32(30)38-23-39-34)42-21-26(12-17-43)31(22-42)35(44)36-13-16-41-14-4-3-5-15-41/h6-11,18-23,43H,3-5,12-17H2,1-2H3,(H,36,44)(H,38,39,40). The average molecular weight is 606 g/mol. The molecule has 1 amide bonds. The van der Waals surface area contributed by atoms with E-state index in [4.69, 9.17) is 4.74 Å². The van der Waals surface area contributed by atoms with Crippen LogP contribution in [-0.4, -0.2) is 68.2 Å². The summed E-state index contributed by atoms with van der Waals surface area (Å²) in [7, 11) is 0. The number of hydrogen-bond acceptors (Lipinski definition) is 8. The smallest absolute Gasteiger partial charge is 0.253 e. The van der Waals surface area contributed by atoms with Gasteiger partial charge >= 0.3 is 0 Å². The Kier molecular flexibility index (Phi) is 9.33. The van der Waals surface area contributed by atoms with Gasteiger partial charge < -0.3 is 29.9 Å². The molecule has 232 valence electrons. The second kappa shape index (κ2) is 13.9. The highest BCUT2D eigenvalue weighted by Gasteiger charge is 2.17. The van der Waals surface area contributed by atoms with Crippen molar-refractivity contribution in [2.75, 3.05) is 38.1 Å². The monoisotopic (exact) mass is 605 g/mol. The first-order valence-electron chi connectivity index (χ1n) is 15.5. The van der Waals surface area contributed by atoms with Crippen LogP contribution in [0.5, 0.6) is 11.5 Å². The zero-order valence-corrected chi connectivity index (χ0v) is 25.8. The van der Waals surface area contributed by atoms with Crippen LogP contribution >= 0.6 is 0 Å². The number of carbonyl (C=O) groups is 1. The van der Waals surface area contributed by atoms with Crippen LogP contribution in [0.15, 0.2) is 73.4 Å².